The number of carbonyl (C=O) groups is 1. The standard InChI is InChI=1S/C7H7NOS/c9-7(8-10)6-4-2-1-3-5-6/h1-5H,10H2. The van der Waals surface area contributed by atoms with Gasteiger partial charge in [0.15, 0.2) is 0 Å². The fourth-order valence-electron chi connectivity index (χ4n) is 0.645. The van der Waals surface area contributed by atoms with Crippen molar-refractivity contribution < 1.29 is 4.79 Å². The molecule has 0 heterocycles. The smallest absolute Gasteiger partial charge is 0.266 e. The quantitative estimate of drug-likeness (QED) is 0.592. The topological polar surface area (TPSA) is 29.4 Å². The van der Waals surface area contributed by atoms with E-state index in [0.717, 1.165) is 0 Å². The Kier molecular flexibility index (Phi) is 2.34. The summed E-state index contributed by atoms with van der Waals surface area (Å²) in [5, 5.41) is 0. The average Bonchev–Trinajstić information content (AvgIpc) is 2.05. The van der Waals surface area contributed by atoms with Gasteiger partial charge in [-0.2, -0.15) is 4.36 Å². The van der Waals surface area contributed by atoms with Crippen LogP contribution >= 0.6 is 0 Å². The molecule has 0 N–H and O–H groups in total. The fraction of sp³-hybridized carbons (Fsp3) is 0. The van der Waals surface area contributed by atoms with Crippen LogP contribution in [0.1, 0.15) is 10.4 Å². The van der Waals surface area contributed by atoms with Gasteiger partial charge in [-0.25, -0.2) is 0 Å². The fourth-order valence-corrected chi connectivity index (χ4v) is 0.774. The van der Waals surface area contributed by atoms with Gasteiger partial charge in [-0.1, -0.05) is 18.2 Å². The second kappa shape index (κ2) is 3.27. The number of hydrogen-bond donors (Lipinski definition) is 0. The normalized spacial score (nSPS) is 8.90. The number of carbonyl (C=O) groups excluding carboxylic acids is 1. The van der Waals surface area contributed by atoms with Crippen LogP contribution in [0.3, 0.4) is 0 Å². The van der Waals surface area contributed by atoms with E-state index in [1.807, 2.05) is 6.07 Å². The lowest BCUT2D eigenvalue weighted by atomic mass is 10.2. The molecule has 0 saturated carbocycles. The maximum atomic E-state index is 10.8. The van der Waals surface area contributed by atoms with Gasteiger partial charge < -0.3 is 0 Å². The van der Waals surface area contributed by atoms with Crippen molar-refractivity contribution in [3.63, 3.8) is 0 Å². The van der Waals surface area contributed by atoms with Crippen molar-refractivity contribution in [2.75, 3.05) is 0 Å². The van der Waals surface area contributed by atoms with Crippen LogP contribution in [0.25, 0.3) is 0 Å². The number of rotatable bonds is 1. The molecule has 0 aliphatic carbocycles. The molecule has 1 rings (SSSR count). The van der Waals surface area contributed by atoms with Gasteiger partial charge in [0, 0.05) is 5.56 Å². The number of amides is 1. The lowest BCUT2D eigenvalue weighted by Gasteiger charge is -1.89. The summed E-state index contributed by atoms with van der Waals surface area (Å²) >= 11 is 2.77. The largest absolute Gasteiger partial charge is 0.282 e. The van der Waals surface area contributed by atoms with E-state index >= 15 is 0 Å². The SMILES string of the molecule is O=C(N=[SH2])c1ccccc1. The molecule has 3 heteroatoms. The summed E-state index contributed by atoms with van der Waals surface area (Å²) in [6.07, 6.45) is 0. The minimum Gasteiger partial charge on any atom is -0.266 e. The van der Waals surface area contributed by atoms with Gasteiger partial charge in [0.05, 0.1) is 0 Å². The highest BCUT2D eigenvalue weighted by Crippen LogP contribution is 1.99. The van der Waals surface area contributed by atoms with Crippen LogP contribution in [-0.4, -0.2) is 5.91 Å². The molecular formula is C7H7NOS. The molecule has 0 radical (unpaired) electrons. The monoisotopic (exact) mass is 153 g/mol. The maximum Gasteiger partial charge on any atom is 0.282 e. The third kappa shape index (κ3) is 1.51. The van der Waals surface area contributed by atoms with E-state index in [-0.39, 0.29) is 5.91 Å². The molecule has 0 bridgehead atoms. The molecule has 10 heavy (non-hydrogen) atoms. The molecule has 1 aromatic carbocycles. The Bertz CT molecular complexity index is 245. The van der Waals surface area contributed by atoms with Gasteiger partial charge in [-0.3, -0.25) is 4.79 Å². The van der Waals surface area contributed by atoms with Crippen LogP contribution in [0.4, 0.5) is 0 Å². The van der Waals surface area contributed by atoms with Crippen molar-refractivity contribution in [3.8, 4) is 0 Å². The summed E-state index contributed by atoms with van der Waals surface area (Å²) < 4.78 is 3.33. The van der Waals surface area contributed by atoms with Gasteiger partial charge in [0.1, 0.15) is 0 Å². The van der Waals surface area contributed by atoms with E-state index in [1.165, 1.54) is 0 Å². The van der Waals surface area contributed by atoms with Gasteiger partial charge in [-0.05, 0) is 12.1 Å². The predicted molar refractivity (Wildman–Crippen MR) is 43.4 cm³/mol. The first kappa shape index (κ1) is 7.15. The van der Waals surface area contributed by atoms with Gasteiger partial charge in [-0.15, -0.1) is 12.4 Å². The Balaban J connectivity index is 2.95. The van der Waals surface area contributed by atoms with Gasteiger partial charge >= 0.3 is 0 Å². The Morgan fingerprint density at radius 1 is 1.30 bits per heavy atom. The molecule has 2 nitrogen and oxygen atoms in total. The van der Waals surface area contributed by atoms with E-state index in [9.17, 15) is 4.79 Å². The lowest BCUT2D eigenvalue weighted by molar-refractivity contribution is 0.101. The summed E-state index contributed by atoms with van der Waals surface area (Å²) in [5.41, 5.74) is 0.595. The molecule has 0 saturated heterocycles. The minimum atomic E-state index is -0.253. The maximum absolute atomic E-state index is 10.8. The third-order valence-electron chi connectivity index (χ3n) is 1.12. The molecule has 0 unspecified atom stereocenters. The van der Waals surface area contributed by atoms with Crippen LogP contribution in [0.2, 0.25) is 0 Å². The Labute approximate surface area is 64.0 Å². The number of benzene rings is 1. The minimum absolute atomic E-state index is 0.253. The van der Waals surface area contributed by atoms with E-state index < -0.39 is 0 Å². The number of nitrogens with zero attached hydrogens (tertiary/aromatic N) is 1. The van der Waals surface area contributed by atoms with Crippen molar-refractivity contribution in [3.05, 3.63) is 35.9 Å². The highest BCUT2D eigenvalue weighted by Gasteiger charge is 1.97. The predicted octanol–water partition coefficient (Wildman–Crippen LogP) is 1.02. The molecule has 0 fully saturated rings. The summed E-state index contributed by atoms with van der Waals surface area (Å²) in [5.74, 6) is -0.253. The average molecular weight is 153 g/mol. The summed E-state index contributed by atoms with van der Waals surface area (Å²) in [4.78, 5) is 10.8. The highest BCUT2D eigenvalue weighted by molar-refractivity contribution is 7.47. The highest BCUT2D eigenvalue weighted by atomic mass is 32.1. The summed E-state index contributed by atoms with van der Waals surface area (Å²) in [6, 6.07) is 8.87. The zero-order valence-electron chi connectivity index (χ0n) is 5.24. The van der Waals surface area contributed by atoms with Crippen molar-refractivity contribution in [1.82, 2.24) is 0 Å². The zero-order valence-corrected chi connectivity index (χ0v) is 6.24. The first-order chi connectivity index (χ1) is 4.84. The first-order valence-electron chi connectivity index (χ1n) is 2.81. The molecular weight excluding hydrogens is 146 g/mol. The van der Waals surface area contributed by atoms with Crippen molar-refractivity contribution in [2.24, 2.45) is 4.36 Å². The molecule has 52 valence electrons. The van der Waals surface area contributed by atoms with E-state index in [2.05, 4.69) is 16.8 Å². The second-order valence-electron chi connectivity index (χ2n) is 1.78. The molecule has 0 aliphatic heterocycles. The van der Waals surface area contributed by atoms with Crippen molar-refractivity contribution >= 4 is 18.3 Å². The molecule has 0 spiro atoms. The summed E-state index contributed by atoms with van der Waals surface area (Å²) in [7, 11) is 0. The van der Waals surface area contributed by atoms with E-state index in [0.29, 0.717) is 5.56 Å². The van der Waals surface area contributed by atoms with Crippen molar-refractivity contribution in [1.29, 1.82) is 0 Å². The van der Waals surface area contributed by atoms with Crippen LogP contribution in [-0.2, 0) is 12.4 Å². The molecule has 0 aliphatic rings. The first-order valence-corrected chi connectivity index (χ1v) is 3.26. The van der Waals surface area contributed by atoms with Crippen LogP contribution in [0.5, 0.6) is 0 Å². The van der Waals surface area contributed by atoms with Crippen LogP contribution in [0, 0.1) is 0 Å². The number of hydrogen-bond acceptors (Lipinski definition) is 1. The van der Waals surface area contributed by atoms with Crippen LogP contribution < -0.4 is 0 Å². The second-order valence-corrected chi connectivity index (χ2v) is 2.01. The molecule has 0 aromatic heterocycles. The Morgan fingerprint density at radius 2 is 1.90 bits per heavy atom. The molecule has 0 atom stereocenters. The lowest BCUT2D eigenvalue weighted by Crippen LogP contribution is -1.90. The Hall–Kier alpha value is -0.960. The van der Waals surface area contributed by atoms with Gasteiger partial charge in [0.25, 0.3) is 5.91 Å². The Morgan fingerprint density at radius 3 is 2.40 bits per heavy atom. The summed E-state index contributed by atoms with van der Waals surface area (Å²) in [6.45, 7) is 0. The van der Waals surface area contributed by atoms with E-state index in [4.69, 9.17) is 0 Å². The van der Waals surface area contributed by atoms with Gasteiger partial charge in [0.2, 0.25) is 0 Å². The molecule has 1 aromatic rings. The van der Waals surface area contributed by atoms with Crippen molar-refractivity contribution in [2.45, 2.75) is 0 Å². The van der Waals surface area contributed by atoms with Crippen LogP contribution in [0.15, 0.2) is 34.7 Å². The molecule has 1 amide bonds. The van der Waals surface area contributed by atoms with E-state index in [1.54, 1.807) is 24.3 Å². The third-order valence-corrected chi connectivity index (χ3v) is 1.33. The zero-order chi connectivity index (χ0) is 7.40.